The van der Waals surface area contributed by atoms with Crippen molar-refractivity contribution >= 4 is 5.71 Å². The van der Waals surface area contributed by atoms with E-state index < -0.39 is 6.23 Å². The van der Waals surface area contributed by atoms with Crippen molar-refractivity contribution in [3.63, 3.8) is 0 Å². The molecule has 0 aliphatic carbocycles. The maximum Gasteiger partial charge on any atom is 0.214 e. The third-order valence-corrected chi connectivity index (χ3v) is 6.00. The highest BCUT2D eigenvalue weighted by Gasteiger charge is 2.42. The first-order valence-corrected chi connectivity index (χ1v) is 10.5. The molecule has 2 heterocycles. The molecule has 5 rings (SSSR count). The number of methoxy groups -OCH3 is 3. The zero-order valence-electron chi connectivity index (χ0n) is 18.5. The molecule has 0 radical (unpaired) electrons. The SMILES string of the molecule is COc1ccc(O)c(C2=NN3[C@@H](c4ccc(OC)c(O)c4)Oc4c(OC)cccc4[C@@H]3C2)c1. The molecule has 2 aliphatic heterocycles. The van der Waals surface area contributed by atoms with Crippen LogP contribution in [0.2, 0.25) is 0 Å². The van der Waals surface area contributed by atoms with Gasteiger partial charge in [0.1, 0.15) is 11.5 Å². The van der Waals surface area contributed by atoms with Crippen molar-refractivity contribution in [1.29, 1.82) is 0 Å². The van der Waals surface area contributed by atoms with Crippen LogP contribution >= 0.6 is 0 Å². The molecule has 0 saturated heterocycles. The van der Waals surface area contributed by atoms with E-state index in [9.17, 15) is 10.2 Å². The largest absolute Gasteiger partial charge is 0.507 e. The standard InChI is InChI=1S/C25H24N2O6/c1-30-15-8-9-20(28)17(12-15)18-13-19-16-5-4-6-23(32-3)24(16)33-25(27(19)26-18)14-7-10-22(31-2)21(29)11-14/h4-12,19,25,28-29H,13H2,1-3H3/t19-,25+/m0/s1. The number of para-hydroxylation sites is 1. The van der Waals surface area contributed by atoms with Crippen LogP contribution in [0.4, 0.5) is 0 Å². The Hall–Kier alpha value is -4.07. The van der Waals surface area contributed by atoms with Gasteiger partial charge in [-0.3, -0.25) is 0 Å². The van der Waals surface area contributed by atoms with Crippen LogP contribution in [0, 0.1) is 0 Å². The third-order valence-electron chi connectivity index (χ3n) is 6.00. The Morgan fingerprint density at radius 3 is 2.45 bits per heavy atom. The van der Waals surface area contributed by atoms with Crippen LogP contribution in [0.15, 0.2) is 59.7 Å². The summed E-state index contributed by atoms with van der Waals surface area (Å²) in [5.41, 5.74) is 2.95. The van der Waals surface area contributed by atoms with Gasteiger partial charge in [-0.1, -0.05) is 12.1 Å². The lowest BCUT2D eigenvalue weighted by molar-refractivity contribution is -0.0210. The van der Waals surface area contributed by atoms with Crippen LogP contribution in [0.25, 0.3) is 0 Å². The van der Waals surface area contributed by atoms with Gasteiger partial charge in [-0.2, -0.15) is 5.10 Å². The fourth-order valence-corrected chi connectivity index (χ4v) is 4.36. The molecule has 2 atom stereocenters. The molecule has 8 heteroatoms. The molecule has 0 unspecified atom stereocenters. The number of phenolic OH excluding ortho intramolecular Hbond substituents is 2. The van der Waals surface area contributed by atoms with E-state index in [-0.39, 0.29) is 17.5 Å². The number of hydrogen-bond acceptors (Lipinski definition) is 8. The molecule has 2 N–H and O–H groups in total. The highest BCUT2D eigenvalue weighted by atomic mass is 16.5. The minimum Gasteiger partial charge on any atom is -0.507 e. The summed E-state index contributed by atoms with van der Waals surface area (Å²) >= 11 is 0. The van der Waals surface area contributed by atoms with Gasteiger partial charge in [0.05, 0.1) is 33.1 Å². The molecule has 0 saturated carbocycles. The maximum atomic E-state index is 10.5. The Bertz CT molecular complexity index is 1240. The number of hydrogen-bond donors (Lipinski definition) is 2. The lowest BCUT2D eigenvalue weighted by Gasteiger charge is -2.38. The van der Waals surface area contributed by atoms with Crippen molar-refractivity contribution in [2.45, 2.75) is 18.7 Å². The minimum atomic E-state index is -0.624. The zero-order chi connectivity index (χ0) is 23.1. The number of nitrogens with zero attached hydrogens (tertiary/aromatic N) is 2. The predicted octanol–water partition coefficient (Wildman–Crippen LogP) is 4.37. The number of aromatic hydroxyl groups is 2. The third kappa shape index (κ3) is 3.44. The average Bonchev–Trinajstić information content (AvgIpc) is 3.29. The number of benzene rings is 3. The van der Waals surface area contributed by atoms with E-state index >= 15 is 0 Å². The lowest BCUT2D eigenvalue weighted by atomic mass is 9.95. The van der Waals surface area contributed by atoms with Crippen LogP contribution < -0.4 is 18.9 Å². The van der Waals surface area contributed by atoms with Crippen LogP contribution in [0.5, 0.6) is 34.5 Å². The molecular weight excluding hydrogens is 424 g/mol. The normalized spacial score (nSPS) is 18.6. The van der Waals surface area contributed by atoms with Gasteiger partial charge < -0.3 is 29.2 Å². The summed E-state index contributed by atoms with van der Waals surface area (Å²) in [5.74, 6) is 2.39. The number of phenols is 2. The summed E-state index contributed by atoms with van der Waals surface area (Å²) in [6.07, 6.45) is -0.0797. The monoisotopic (exact) mass is 448 g/mol. The van der Waals surface area contributed by atoms with Crippen molar-refractivity contribution in [2.75, 3.05) is 21.3 Å². The van der Waals surface area contributed by atoms with Gasteiger partial charge in [0.2, 0.25) is 6.23 Å². The molecular formula is C25H24N2O6. The predicted molar refractivity (Wildman–Crippen MR) is 121 cm³/mol. The number of rotatable bonds is 5. The first-order chi connectivity index (χ1) is 16.0. The van der Waals surface area contributed by atoms with Gasteiger partial charge in [0, 0.05) is 23.1 Å². The highest BCUT2D eigenvalue weighted by molar-refractivity contribution is 6.04. The highest BCUT2D eigenvalue weighted by Crippen LogP contribution is 2.51. The molecule has 3 aromatic carbocycles. The molecule has 8 nitrogen and oxygen atoms in total. The Kier molecular flexibility index (Phi) is 5.12. The fraction of sp³-hybridized carbons (Fsp3) is 0.240. The molecule has 0 bridgehead atoms. The van der Waals surface area contributed by atoms with Crippen molar-refractivity contribution in [3.05, 3.63) is 71.3 Å². The Morgan fingerprint density at radius 2 is 1.73 bits per heavy atom. The Morgan fingerprint density at radius 1 is 0.909 bits per heavy atom. The van der Waals surface area contributed by atoms with Crippen molar-refractivity contribution < 1.29 is 29.2 Å². The van der Waals surface area contributed by atoms with Gasteiger partial charge in [-0.15, -0.1) is 0 Å². The summed E-state index contributed by atoms with van der Waals surface area (Å²) < 4.78 is 22.5. The van der Waals surface area contributed by atoms with Crippen molar-refractivity contribution in [3.8, 4) is 34.5 Å². The summed E-state index contributed by atoms with van der Waals surface area (Å²) in [6.45, 7) is 0. The first kappa shape index (κ1) is 20.8. The number of hydrazone groups is 1. The van der Waals surface area contributed by atoms with Crippen LogP contribution in [0.1, 0.15) is 35.4 Å². The summed E-state index contributed by atoms with van der Waals surface area (Å²) in [6, 6.07) is 15.8. The second-order valence-corrected chi connectivity index (χ2v) is 7.81. The zero-order valence-corrected chi connectivity index (χ0v) is 18.5. The first-order valence-electron chi connectivity index (χ1n) is 10.5. The molecule has 170 valence electrons. The number of fused-ring (bicyclic) bond motifs is 3. The van der Waals surface area contributed by atoms with E-state index in [4.69, 9.17) is 24.0 Å². The lowest BCUT2D eigenvalue weighted by Crippen LogP contribution is -2.33. The number of ether oxygens (including phenoxy) is 4. The van der Waals surface area contributed by atoms with Crippen LogP contribution in [0.3, 0.4) is 0 Å². The van der Waals surface area contributed by atoms with Crippen molar-refractivity contribution in [2.24, 2.45) is 5.10 Å². The molecule has 0 amide bonds. The summed E-state index contributed by atoms with van der Waals surface area (Å²) in [5, 5.41) is 27.6. The smallest absolute Gasteiger partial charge is 0.214 e. The van der Waals surface area contributed by atoms with Gasteiger partial charge >= 0.3 is 0 Å². The minimum absolute atomic E-state index is 0.00909. The quantitative estimate of drug-likeness (QED) is 0.599. The molecule has 0 spiro atoms. The molecule has 3 aromatic rings. The van der Waals surface area contributed by atoms with E-state index in [1.54, 1.807) is 44.6 Å². The molecule has 0 fully saturated rings. The molecule has 33 heavy (non-hydrogen) atoms. The Labute approximate surface area is 191 Å². The topological polar surface area (TPSA) is 93.0 Å². The van der Waals surface area contributed by atoms with Crippen LogP contribution in [-0.2, 0) is 0 Å². The molecule has 2 aliphatic rings. The summed E-state index contributed by atoms with van der Waals surface area (Å²) in [4.78, 5) is 0. The van der Waals surface area contributed by atoms with Crippen molar-refractivity contribution in [1.82, 2.24) is 5.01 Å². The average molecular weight is 448 g/mol. The van der Waals surface area contributed by atoms with Gasteiger partial charge in [-0.25, -0.2) is 5.01 Å². The maximum absolute atomic E-state index is 10.5. The summed E-state index contributed by atoms with van der Waals surface area (Å²) in [7, 11) is 4.68. The Balaban J connectivity index is 1.63. The fourth-order valence-electron chi connectivity index (χ4n) is 4.36. The van der Waals surface area contributed by atoms with E-state index in [2.05, 4.69) is 0 Å². The molecule has 0 aromatic heterocycles. The van der Waals surface area contributed by atoms with E-state index in [0.717, 1.165) is 5.56 Å². The van der Waals surface area contributed by atoms with E-state index in [1.807, 2.05) is 29.3 Å². The van der Waals surface area contributed by atoms with E-state index in [0.29, 0.717) is 46.3 Å². The van der Waals surface area contributed by atoms with Gasteiger partial charge in [0.25, 0.3) is 0 Å². The second kappa shape index (κ2) is 8.12. The van der Waals surface area contributed by atoms with Gasteiger partial charge in [0.15, 0.2) is 23.0 Å². The second-order valence-electron chi connectivity index (χ2n) is 7.81. The van der Waals surface area contributed by atoms with Crippen LogP contribution in [-0.4, -0.2) is 42.3 Å². The van der Waals surface area contributed by atoms with Gasteiger partial charge in [-0.05, 0) is 42.5 Å². The van der Waals surface area contributed by atoms with E-state index in [1.165, 1.54) is 7.11 Å².